The molecule has 0 spiro atoms. The van der Waals surface area contributed by atoms with Crippen LogP contribution in [0.4, 0.5) is 32.0 Å². The molecule has 0 aliphatic rings. The Labute approximate surface area is 153 Å². The van der Waals surface area contributed by atoms with E-state index in [2.05, 4.69) is 9.47 Å². The lowest BCUT2D eigenvalue weighted by Crippen LogP contribution is -2.20. The molecule has 0 heterocycles. The van der Waals surface area contributed by atoms with Crippen LogP contribution in [0.3, 0.4) is 0 Å². The summed E-state index contributed by atoms with van der Waals surface area (Å²) in [6.07, 6.45) is -10.1. The number of halogens is 7. The van der Waals surface area contributed by atoms with Crippen molar-refractivity contribution in [3.63, 3.8) is 0 Å². The molecule has 148 valence electrons. The normalized spacial score (nSPS) is 12.6. The van der Waals surface area contributed by atoms with Crippen molar-refractivity contribution in [1.29, 1.82) is 0 Å². The van der Waals surface area contributed by atoms with Crippen LogP contribution >= 0.6 is 11.6 Å². The number of rotatable bonds is 5. The van der Waals surface area contributed by atoms with Gasteiger partial charge >= 0.3 is 12.7 Å². The van der Waals surface area contributed by atoms with Gasteiger partial charge in [0.05, 0.1) is 10.6 Å². The fraction of sp³-hybridized carbons (Fsp3) is 0.143. The van der Waals surface area contributed by atoms with Crippen molar-refractivity contribution in [2.75, 3.05) is 4.72 Å². The number of anilines is 1. The van der Waals surface area contributed by atoms with Crippen LogP contribution in [0.15, 0.2) is 47.4 Å². The van der Waals surface area contributed by atoms with E-state index in [4.69, 9.17) is 11.6 Å². The number of nitrogens with one attached hydrogen (secondary N) is 1. The molecule has 0 aliphatic heterocycles. The van der Waals surface area contributed by atoms with Crippen LogP contribution in [0.25, 0.3) is 0 Å². The van der Waals surface area contributed by atoms with Gasteiger partial charge in [-0.15, -0.1) is 26.3 Å². The molecule has 0 saturated carbocycles. The minimum absolute atomic E-state index is 0.0869. The van der Waals surface area contributed by atoms with Crippen molar-refractivity contribution < 1.29 is 44.2 Å². The first kappa shape index (κ1) is 21.0. The Balaban J connectivity index is 2.30. The summed E-state index contributed by atoms with van der Waals surface area (Å²) in [5.41, 5.74) is -0.615. The lowest BCUT2D eigenvalue weighted by molar-refractivity contribution is -0.275. The van der Waals surface area contributed by atoms with Crippen molar-refractivity contribution in [1.82, 2.24) is 0 Å². The quantitative estimate of drug-likeness (QED) is 0.676. The first-order valence-electron chi connectivity index (χ1n) is 6.69. The summed E-state index contributed by atoms with van der Waals surface area (Å²) in [5.74, 6) is -1.54. The fourth-order valence-corrected chi connectivity index (χ4v) is 3.05. The van der Waals surface area contributed by atoms with E-state index in [0.717, 1.165) is 42.5 Å². The second kappa shape index (κ2) is 7.35. The number of sulfonamides is 1. The van der Waals surface area contributed by atoms with Gasteiger partial charge in [-0.1, -0.05) is 11.6 Å². The summed E-state index contributed by atoms with van der Waals surface area (Å²) in [4.78, 5) is -0.532. The third kappa shape index (κ3) is 6.40. The van der Waals surface area contributed by atoms with Gasteiger partial charge in [-0.3, -0.25) is 4.72 Å². The number of ether oxygens (including phenoxy) is 2. The van der Waals surface area contributed by atoms with Crippen LogP contribution in [0.5, 0.6) is 11.5 Å². The van der Waals surface area contributed by atoms with E-state index in [1.54, 1.807) is 0 Å². The minimum atomic E-state index is -5.09. The molecule has 0 unspecified atom stereocenters. The summed E-state index contributed by atoms with van der Waals surface area (Å²) in [7, 11) is -4.46. The lowest BCUT2D eigenvalue weighted by atomic mass is 10.3. The summed E-state index contributed by atoms with van der Waals surface area (Å²) in [6, 6.07) is 5.73. The van der Waals surface area contributed by atoms with E-state index in [1.807, 2.05) is 4.72 Å². The van der Waals surface area contributed by atoms with Gasteiger partial charge in [-0.25, -0.2) is 8.42 Å². The minimum Gasteiger partial charge on any atom is -0.406 e. The van der Waals surface area contributed by atoms with Gasteiger partial charge in [-0.2, -0.15) is 0 Å². The van der Waals surface area contributed by atoms with Gasteiger partial charge in [-0.05, 0) is 42.5 Å². The van der Waals surface area contributed by atoms with Gasteiger partial charge in [0.15, 0.2) is 5.75 Å². The highest BCUT2D eigenvalue weighted by atomic mass is 35.5. The molecule has 0 radical (unpaired) electrons. The zero-order chi connectivity index (χ0) is 20.5. The predicted molar refractivity (Wildman–Crippen MR) is 82.1 cm³/mol. The molecule has 0 bridgehead atoms. The number of hydrogen-bond acceptors (Lipinski definition) is 4. The molecular weight excluding hydrogens is 428 g/mol. The van der Waals surface area contributed by atoms with Crippen LogP contribution in [0.2, 0.25) is 5.02 Å². The van der Waals surface area contributed by atoms with Crippen LogP contribution in [-0.2, 0) is 10.0 Å². The van der Waals surface area contributed by atoms with Gasteiger partial charge in [0, 0.05) is 5.02 Å². The van der Waals surface area contributed by atoms with Crippen molar-refractivity contribution in [2.24, 2.45) is 0 Å². The van der Waals surface area contributed by atoms with Gasteiger partial charge < -0.3 is 9.47 Å². The number of alkyl halides is 6. The summed E-state index contributed by atoms with van der Waals surface area (Å²) < 4.78 is 107. The maximum atomic E-state index is 12.4. The second-order valence-corrected chi connectivity index (χ2v) is 6.93. The SMILES string of the molecule is O=S(=O)(Nc1cc(Cl)ccc1OC(F)(F)F)c1ccc(OC(F)(F)F)cc1. The van der Waals surface area contributed by atoms with Crippen LogP contribution in [0, 0.1) is 0 Å². The highest BCUT2D eigenvalue weighted by Gasteiger charge is 2.33. The fourth-order valence-electron chi connectivity index (χ4n) is 1.82. The molecule has 0 aliphatic carbocycles. The van der Waals surface area contributed by atoms with Gasteiger partial charge in [0.2, 0.25) is 0 Å². The van der Waals surface area contributed by atoms with Crippen molar-refractivity contribution in [3.05, 3.63) is 47.5 Å². The monoisotopic (exact) mass is 435 g/mol. The van der Waals surface area contributed by atoms with Crippen LogP contribution in [0.1, 0.15) is 0 Å². The number of benzene rings is 2. The van der Waals surface area contributed by atoms with E-state index >= 15 is 0 Å². The Hall–Kier alpha value is -2.34. The third-order valence-electron chi connectivity index (χ3n) is 2.78. The largest absolute Gasteiger partial charge is 0.573 e. The van der Waals surface area contributed by atoms with Gasteiger partial charge in [0.1, 0.15) is 5.75 Å². The van der Waals surface area contributed by atoms with Gasteiger partial charge in [0.25, 0.3) is 10.0 Å². The maximum Gasteiger partial charge on any atom is 0.573 e. The van der Waals surface area contributed by atoms with Crippen LogP contribution < -0.4 is 14.2 Å². The lowest BCUT2D eigenvalue weighted by Gasteiger charge is -2.15. The molecule has 27 heavy (non-hydrogen) atoms. The molecule has 5 nitrogen and oxygen atoms in total. The van der Waals surface area contributed by atoms with Crippen molar-refractivity contribution in [3.8, 4) is 11.5 Å². The molecule has 1 N–H and O–H groups in total. The first-order chi connectivity index (χ1) is 12.3. The molecule has 0 fully saturated rings. The standard InChI is InChI=1S/C14H8ClF6NO4S/c15-8-1-6-12(26-14(19,20)21)11(7-8)22-27(23,24)10-4-2-9(3-5-10)25-13(16,17)18/h1-7,22H. The Morgan fingerprint density at radius 3 is 1.93 bits per heavy atom. The van der Waals surface area contributed by atoms with E-state index in [9.17, 15) is 34.8 Å². The molecular formula is C14H8ClF6NO4S. The first-order valence-corrected chi connectivity index (χ1v) is 8.55. The number of hydrogen-bond donors (Lipinski definition) is 1. The second-order valence-electron chi connectivity index (χ2n) is 4.81. The predicted octanol–water partition coefficient (Wildman–Crippen LogP) is 4.94. The molecule has 13 heteroatoms. The van der Waals surface area contributed by atoms with Crippen LogP contribution in [-0.4, -0.2) is 21.1 Å². The van der Waals surface area contributed by atoms with E-state index in [1.165, 1.54) is 0 Å². The maximum absolute atomic E-state index is 12.4. The smallest absolute Gasteiger partial charge is 0.406 e. The highest BCUT2D eigenvalue weighted by molar-refractivity contribution is 7.92. The molecule has 0 saturated heterocycles. The summed E-state index contributed by atoms with van der Waals surface area (Å²) >= 11 is 5.65. The Morgan fingerprint density at radius 1 is 0.852 bits per heavy atom. The zero-order valence-electron chi connectivity index (χ0n) is 12.7. The molecule has 2 rings (SSSR count). The average molecular weight is 436 g/mol. The van der Waals surface area contributed by atoms with Crippen molar-refractivity contribution >= 4 is 27.3 Å². The molecule has 2 aromatic rings. The highest BCUT2D eigenvalue weighted by Crippen LogP contribution is 2.34. The molecule has 0 amide bonds. The Kier molecular flexibility index (Phi) is 5.71. The zero-order valence-corrected chi connectivity index (χ0v) is 14.3. The van der Waals surface area contributed by atoms with E-state index < -0.39 is 44.8 Å². The average Bonchev–Trinajstić information content (AvgIpc) is 2.47. The summed E-state index contributed by atoms with van der Waals surface area (Å²) in [5, 5.41) is -0.0869. The van der Waals surface area contributed by atoms with E-state index in [0.29, 0.717) is 0 Å². The molecule has 0 aromatic heterocycles. The molecule has 0 atom stereocenters. The Morgan fingerprint density at radius 2 is 1.41 bits per heavy atom. The summed E-state index contributed by atoms with van der Waals surface area (Å²) in [6.45, 7) is 0. The van der Waals surface area contributed by atoms with Crippen molar-refractivity contribution in [2.45, 2.75) is 17.6 Å². The Bertz CT molecular complexity index is 913. The third-order valence-corrected chi connectivity index (χ3v) is 4.40. The topological polar surface area (TPSA) is 64.6 Å². The molecule has 2 aromatic carbocycles. The van der Waals surface area contributed by atoms with E-state index in [-0.39, 0.29) is 5.02 Å².